The van der Waals surface area contributed by atoms with Crippen LogP contribution in [0.5, 0.6) is 5.75 Å². The Morgan fingerprint density at radius 1 is 0.923 bits per heavy atom. The van der Waals surface area contributed by atoms with E-state index in [0.29, 0.717) is 17.3 Å². The summed E-state index contributed by atoms with van der Waals surface area (Å²) in [5, 5.41) is 0. The molecule has 0 saturated heterocycles. The summed E-state index contributed by atoms with van der Waals surface area (Å²) in [4.78, 5) is 14.2. The molecule has 1 aliphatic heterocycles. The fourth-order valence-corrected chi connectivity index (χ4v) is 3.79. The Kier molecular flexibility index (Phi) is 4.59. The molecule has 0 bridgehead atoms. The Bertz CT molecular complexity index is 993. The van der Waals surface area contributed by atoms with Crippen LogP contribution in [0.4, 0.5) is 4.39 Å². The largest absolute Gasteiger partial charge is 0.488 e. The SMILES string of the molecule is O=C1/C(=C\c2ccccc2OCc2ccc(F)cc2)Sc2ccccc21. The Hall–Kier alpha value is -2.85. The second-order valence-corrected chi connectivity index (χ2v) is 6.97. The van der Waals surface area contributed by atoms with Crippen molar-refractivity contribution >= 4 is 23.6 Å². The van der Waals surface area contributed by atoms with E-state index in [1.165, 1.54) is 23.9 Å². The first-order valence-corrected chi connectivity index (χ1v) is 9.02. The summed E-state index contributed by atoms with van der Waals surface area (Å²) >= 11 is 1.48. The maximum atomic E-state index is 13.0. The van der Waals surface area contributed by atoms with E-state index in [2.05, 4.69) is 0 Å². The van der Waals surface area contributed by atoms with Gasteiger partial charge in [-0.25, -0.2) is 4.39 Å². The number of carbonyl (C=O) groups excluding carboxylic acids is 1. The minimum Gasteiger partial charge on any atom is -0.488 e. The lowest BCUT2D eigenvalue weighted by molar-refractivity contribution is 0.104. The van der Waals surface area contributed by atoms with Gasteiger partial charge in [-0.2, -0.15) is 0 Å². The van der Waals surface area contributed by atoms with E-state index in [1.807, 2.05) is 54.6 Å². The molecule has 0 aromatic heterocycles. The van der Waals surface area contributed by atoms with Crippen LogP contribution in [-0.4, -0.2) is 5.78 Å². The number of halogens is 1. The first-order chi connectivity index (χ1) is 12.7. The monoisotopic (exact) mass is 362 g/mol. The summed E-state index contributed by atoms with van der Waals surface area (Å²) in [6.45, 7) is 0.335. The summed E-state index contributed by atoms with van der Waals surface area (Å²) < 4.78 is 18.9. The van der Waals surface area contributed by atoms with Gasteiger partial charge >= 0.3 is 0 Å². The number of rotatable bonds is 4. The Labute approximate surface area is 155 Å². The van der Waals surface area contributed by atoms with Gasteiger partial charge in [-0.15, -0.1) is 0 Å². The summed E-state index contributed by atoms with van der Waals surface area (Å²) in [5.74, 6) is 0.461. The molecule has 0 N–H and O–H groups in total. The summed E-state index contributed by atoms with van der Waals surface area (Å²) in [7, 11) is 0. The van der Waals surface area contributed by atoms with Crippen molar-refractivity contribution in [3.05, 3.63) is 100 Å². The second kappa shape index (κ2) is 7.18. The van der Waals surface area contributed by atoms with Crippen LogP contribution in [0.25, 0.3) is 6.08 Å². The van der Waals surface area contributed by atoms with E-state index in [9.17, 15) is 9.18 Å². The van der Waals surface area contributed by atoms with Crippen LogP contribution < -0.4 is 4.74 Å². The quantitative estimate of drug-likeness (QED) is 0.554. The van der Waals surface area contributed by atoms with Crippen LogP contribution >= 0.6 is 11.8 Å². The van der Waals surface area contributed by atoms with Crippen molar-refractivity contribution in [2.75, 3.05) is 0 Å². The molecule has 0 spiro atoms. The number of para-hydroxylation sites is 1. The van der Waals surface area contributed by atoms with Gasteiger partial charge in [0.25, 0.3) is 0 Å². The number of hydrogen-bond acceptors (Lipinski definition) is 3. The van der Waals surface area contributed by atoms with Crippen molar-refractivity contribution in [1.29, 1.82) is 0 Å². The highest BCUT2D eigenvalue weighted by molar-refractivity contribution is 8.04. The lowest BCUT2D eigenvalue weighted by Gasteiger charge is -2.09. The lowest BCUT2D eigenvalue weighted by Crippen LogP contribution is -1.98. The molecular formula is C22H15FO2S. The van der Waals surface area contributed by atoms with Gasteiger partial charge in [0, 0.05) is 16.0 Å². The number of carbonyl (C=O) groups is 1. The molecule has 3 aromatic carbocycles. The minimum atomic E-state index is -0.268. The molecule has 4 rings (SSSR count). The molecular weight excluding hydrogens is 347 g/mol. The van der Waals surface area contributed by atoms with Gasteiger partial charge in [0.2, 0.25) is 5.78 Å². The zero-order chi connectivity index (χ0) is 17.9. The predicted molar refractivity (Wildman–Crippen MR) is 102 cm³/mol. The number of ketones is 1. The van der Waals surface area contributed by atoms with E-state index in [4.69, 9.17) is 4.74 Å². The Morgan fingerprint density at radius 3 is 2.46 bits per heavy atom. The Balaban J connectivity index is 1.57. The van der Waals surface area contributed by atoms with Gasteiger partial charge in [-0.3, -0.25) is 4.79 Å². The number of fused-ring (bicyclic) bond motifs is 1. The molecule has 0 fully saturated rings. The molecule has 0 unspecified atom stereocenters. The topological polar surface area (TPSA) is 26.3 Å². The number of allylic oxidation sites excluding steroid dienone is 1. The molecule has 0 saturated carbocycles. The second-order valence-electron chi connectivity index (χ2n) is 5.89. The maximum Gasteiger partial charge on any atom is 0.200 e. The van der Waals surface area contributed by atoms with Crippen LogP contribution in [0.1, 0.15) is 21.5 Å². The fraction of sp³-hybridized carbons (Fsp3) is 0.0455. The maximum absolute atomic E-state index is 13.0. The average Bonchev–Trinajstić information content (AvgIpc) is 2.98. The Morgan fingerprint density at radius 2 is 1.65 bits per heavy atom. The van der Waals surface area contributed by atoms with Crippen molar-refractivity contribution < 1.29 is 13.9 Å². The first kappa shape index (κ1) is 16.6. The van der Waals surface area contributed by atoms with Gasteiger partial charge < -0.3 is 4.74 Å². The van der Waals surface area contributed by atoms with Crippen LogP contribution in [0.3, 0.4) is 0 Å². The molecule has 1 heterocycles. The number of Topliss-reactive ketones (excluding diaryl/α,β-unsaturated/α-hetero) is 1. The third-order valence-corrected chi connectivity index (χ3v) is 5.19. The normalized spacial score (nSPS) is 14.5. The molecule has 0 amide bonds. The van der Waals surface area contributed by atoms with Gasteiger partial charge in [0.05, 0.1) is 4.91 Å². The van der Waals surface area contributed by atoms with E-state index in [0.717, 1.165) is 21.6 Å². The van der Waals surface area contributed by atoms with Gasteiger partial charge in [0.1, 0.15) is 18.2 Å². The third-order valence-electron chi connectivity index (χ3n) is 4.09. The van der Waals surface area contributed by atoms with E-state index in [-0.39, 0.29) is 11.6 Å². The third kappa shape index (κ3) is 3.41. The van der Waals surface area contributed by atoms with Crippen molar-refractivity contribution in [2.45, 2.75) is 11.5 Å². The number of thioether (sulfide) groups is 1. The molecule has 128 valence electrons. The van der Waals surface area contributed by atoms with E-state index >= 15 is 0 Å². The zero-order valence-corrected chi connectivity index (χ0v) is 14.6. The molecule has 0 radical (unpaired) electrons. The standard InChI is InChI=1S/C22H15FO2S/c23-17-11-9-15(10-12-17)14-25-19-7-3-1-5-16(19)13-21-22(24)18-6-2-4-8-20(18)26-21/h1-13H,14H2/b21-13+. The highest BCUT2D eigenvalue weighted by Crippen LogP contribution is 2.41. The van der Waals surface area contributed by atoms with Crippen LogP contribution in [-0.2, 0) is 6.61 Å². The van der Waals surface area contributed by atoms with Crippen LogP contribution in [0.2, 0.25) is 0 Å². The molecule has 1 aliphatic rings. The molecule has 0 aliphatic carbocycles. The minimum absolute atomic E-state index is 0.0407. The summed E-state index contributed by atoms with van der Waals surface area (Å²) in [6, 6.07) is 21.4. The van der Waals surface area contributed by atoms with E-state index in [1.54, 1.807) is 12.1 Å². The highest BCUT2D eigenvalue weighted by atomic mass is 32.2. The number of ether oxygens (including phenoxy) is 1. The van der Waals surface area contributed by atoms with Crippen molar-refractivity contribution in [3.63, 3.8) is 0 Å². The van der Waals surface area contributed by atoms with Gasteiger partial charge in [0.15, 0.2) is 0 Å². The molecule has 26 heavy (non-hydrogen) atoms. The smallest absolute Gasteiger partial charge is 0.200 e. The highest BCUT2D eigenvalue weighted by Gasteiger charge is 2.25. The number of benzene rings is 3. The van der Waals surface area contributed by atoms with Crippen molar-refractivity contribution in [2.24, 2.45) is 0 Å². The molecule has 3 aromatic rings. The van der Waals surface area contributed by atoms with E-state index < -0.39 is 0 Å². The lowest BCUT2D eigenvalue weighted by atomic mass is 10.1. The van der Waals surface area contributed by atoms with Crippen molar-refractivity contribution in [1.82, 2.24) is 0 Å². The first-order valence-electron chi connectivity index (χ1n) is 8.20. The molecule has 2 nitrogen and oxygen atoms in total. The van der Waals surface area contributed by atoms with Crippen LogP contribution in [0, 0.1) is 5.82 Å². The zero-order valence-electron chi connectivity index (χ0n) is 13.8. The fourth-order valence-electron chi connectivity index (χ4n) is 2.75. The number of hydrogen-bond donors (Lipinski definition) is 0. The predicted octanol–water partition coefficient (Wildman–Crippen LogP) is 5.73. The molecule has 4 heteroatoms. The van der Waals surface area contributed by atoms with Gasteiger partial charge in [-0.1, -0.05) is 54.2 Å². The average molecular weight is 362 g/mol. The molecule has 0 atom stereocenters. The van der Waals surface area contributed by atoms with Crippen LogP contribution in [0.15, 0.2) is 82.6 Å². The van der Waals surface area contributed by atoms with Crippen molar-refractivity contribution in [3.8, 4) is 5.75 Å². The summed E-state index contributed by atoms with van der Waals surface area (Å²) in [5.41, 5.74) is 2.47. The summed E-state index contributed by atoms with van der Waals surface area (Å²) in [6.07, 6.45) is 1.87. The van der Waals surface area contributed by atoms with Gasteiger partial charge in [-0.05, 0) is 42.0 Å².